The van der Waals surface area contributed by atoms with Crippen LogP contribution in [0, 0.1) is 0 Å². The number of hydroxylamine groups is 2. The fourth-order valence-corrected chi connectivity index (χ4v) is 3.29. The summed E-state index contributed by atoms with van der Waals surface area (Å²) < 4.78 is 29.1. The van der Waals surface area contributed by atoms with E-state index in [-0.39, 0.29) is 17.7 Å². The number of hydrogen-bond donors (Lipinski definition) is 3. The third-order valence-corrected chi connectivity index (χ3v) is 4.98. The Balaban J connectivity index is 0.000000447. The molecule has 11 heteroatoms. The molecule has 0 bridgehead atoms. The van der Waals surface area contributed by atoms with Crippen molar-refractivity contribution >= 4 is 33.0 Å². The van der Waals surface area contributed by atoms with Gasteiger partial charge in [-0.1, -0.05) is 0 Å². The van der Waals surface area contributed by atoms with Gasteiger partial charge in [0.1, 0.15) is 0 Å². The molecule has 0 atom stereocenters. The summed E-state index contributed by atoms with van der Waals surface area (Å²) in [4.78, 5) is 24.7. The van der Waals surface area contributed by atoms with Gasteiger partial charge in [-0.3, -0.25) is 9.59 Å². The molecule has 0 spiro atoms. The zero-order valence-corrected chi connectivity index (χ0v) is 17.7. The van der Waals surface area contributed by atoms with Crippen molar-refractivity contribution in [2.24, 2.45) is 0 Å². The molecule has 0 unspecified atom stereocenters. The zero-order chi connectivity index (χ0) is 22.2. The highest BCUT2D eigenvalue weighted by Crippen LogP contribution is 2.24. The SMILES string of the molecule is CN(C)CCc1c[nH]c2ccc(S(=O)(=O)ON(C)C)cc12.O=C(O)CCC(=O)O. The number of aliphatic carboxylic acids is 2. The van der Waals surface area contributed by atoms with E-state index in [1.54, 1.807) is 18.2 Å². The van der Waals surface area contributed by atoms with Crippen LogP contribution in [0.3, 0.4) is 0 Å². The van der Waals surface area contributed by atoms with Crippen molar-refractivity contribution in [1.82, 2.24) is 14.9 Å². The molecule has 162 valence electrons. The Morgan fingerprint density at radius 1 is 1.07 bits per heavy atom. The molecule has 0 aliphatic carbocycles. The van der Waals surface area contributed by atoms with Gasteiger partial charge in [-0.25, -0.2) is 0 Å². The van der Waals surface area contributed by atoms with Gasteiger partial charge in [0.05, 0.1) is 17.7 Å². The van der Waals surface area contributed by atoms with E-state index in [0.717, 1.165) is 29.4 Å². The minimum absolute atomic E-state index is 0.161. The summed E-state index contributed by atoms with van der Waals surface area (Å²) in [5, 5.41) is 17.9. The van der Waals surface area contributed by atoms with E-state index < -0.39 is 22.1 Å². The number of nitrogens with zero attached hydrogens (tertiary/aromatic N) is 2. The molecular weight excluding hydrogens is 402 g/mol. The Labute approximate surface area is 169 Å². The van der Waals surface area contributed by atoms with E-state index in [1.165, 1.54) is 19.2 Å². The Morgan fingerprint density at radius 3 is 2.14 bits per heavy atom. The first kappa shape index (κ1) is 24.6. The number of aromatic nitrogens is 1. The summed E-state index contributed by atoms with van der Waals surface area (Å²) in [6.45, 7) is 0.901. The Kier molecular flexibility index (Phi) is 9.24. The summed E-state index contributed by atoms with van der Waals surface area (Å²) in [6, 6.07) is 4.98. The molecule has 2 aromatic rings. The van der Waals surface area contributed by atoms with E-state index >= 15 is 0 Å². The molecule has 2 rings (SSSR count). The number of benzene rings is 1. The number of likely N-dealkylation sites (N-methyl/N-ethyl adjacent to an activating group) is 1. The summed E-state index contributed by atoms with van der Waals surface area (Å²) >= 11 is 0. The van der Waals surface area contributed by atoms with Gasteiger partial charge in [0.2, 0.25) is 0 Å². The van der Waals surface area contributed by atoms with Crippen LogP contribution in [0.25, 0.3) is 10.9 Å². The highest BCUT2D eigenvalue weighted by Gasteiger charge is 2.18. The number of carboxylic acid groups (broad SMARTS) is 2. The number of H-pyrrole nitrogens is 1. The van der Waals surface area contributed by atoms with Gasteiger partial charge < -0.3 is 20.1 Å². The third-order valence-electron chi connectivity index (χ3n) is 3.66. The number of carbonyl (C=O) groups is 2. The lowest BCUT2D eigenvalue weighted by atomic mass is 10.1. The smallest absolute Gasteiger partial charge is 0.313 e. The monoisotopic (exact) mass is 429 g/mol. The van der Waals surface area contributed by atoms with Gasteiger partial charge in [0.25, 0.3) is 0 Å². The minimum Gasteiger partial charge on any atom is -0.481 e. The number of aromatic amines is 1. The van der Waals surface area contributed by atoms with Crippen LogP contribution < -0.4 is 0 Å². The van der Waals surface area contributed by atoms with Crippen LogP contribution in [0.15, 0.2) is 29.3 Å². The first-order valence-electron chi connectivity index (χ1n) is 8.72. The number of hydrogen-bond acceptors (Lipinski definition) is 7. The van der Waals surface area contributed by atoms with E-state index in [2.05, 4.69) is 9.88 Å². The first-order chi connectivity index (χ1) is 13.4. The van der Waals surface area contributed by atoms with Crippen molar-refractivity contribution in [3.05, 3.63) is 30.0 Å². The quantitative estimate of drug-likeness (QED) is 0.504. The van der Waals surface area contributed by atoms with Crippen LogP contribution >= 0.6 is 0 Å². The Hall–Kier alpha value is -2.47. The molecule has 1 aromatic heterocycles. The van der Waals surface area contributed by atoms with Crippen LogP contribution in [0.4, 0.5) is 0 Å². The van der Waals surface area contributed by atoms with Crippen molar-refractivity contribution < 1.29 is 32.5 Å². The van der Waals surface area contributed by atoms with Crippen molar-refractivity contribution in [2.75, 3.05) is 34.7 Å². The van der Waals surface area contributed by atoms with Crippen molar-refractivity contribution in [3.8, 4) is 0 Å². The van der Waals surface area contributed by atoms with E-state index in [0.29, 0.717) is 0 Å². The molecular formula is C18H27N3O7S. The molecule has 29 heavy (non-hydrogen) atoms. The lowest BCUT2D eigenvalue weighted by molar-refractivity contribution is -0.143. The maximum absolute atomic E-state index is 12.1. The lowest BCUT2D eigenvalue weighted by Gasteiger charge is -2.11. The topological polar surface area (TPSA) is 140 Å². The molecule has 0 aliphatic heterocycles. The number of fused-ring (bicyclic) bond motifs is 1. The van der Waals surface area contributed by atoms with E-state index in [9.17, 15) is 18.0 Å². The second-order valence-corrected chi connectivity index (χ2v) is 8.23. The standard InChI is InChI=1S/C14H21N3O3S.C4H6O4/c1-16(2)8-7-11-10-15-14-6-5-12(9-13(11)14)21(18,19)20-17(3)4;5-3(6)1-2-4(7)8/h5-6,9-10,15H,7-8H2,1-4H3;1-2H2,(H,5,6)(H,7,8). The fraction of sp³-hybridized carbons (Fsp3) is 0.444. The highest BCUT2D eigenvalue weighted by molar-refractivity contribution is 7.86. The molecule has 3 N–H and O–H groups in total. The largest absolute Gasteiger partial charge is 0.481 e. The van der Waals surface area contributed by atoms with Crippen molar-refractivity contribution in [3.63, 3.8) is 0 Å². The molecule has 1 heterocycles. The van der Waals surface area contributed by atoms with Gasteiger partial charge in [0, 0.05) is 37.7 Å². The molecule has 1 aromatic carbocycles. The fourth-order valence-electron chi connectivity index (χ4n) is 2.32. The van der Waals surface area contributed by atoms with Gasteiger partial charge in [-0.05, 0) is 44.3 Å². The van der Waals surface area contributed by atoms with Crippen molar-refractivity contribution in [2.45, 2.75) is 24.2 Å². The van der Waals surface area contributed by atoms with Crippen LogP contribution in [0.5, 0.6) is 0 Å². The summed E-state index contributed by atoms with van der Waals surface area (Å²) in [5.41, 5.74) is 2.02. The maximum Gasteiger partial charge on any atom is 0.313 e. The lowest BCUT2D eigenvalue weighted by Crippen LogP contribution is -2.19. The molecule has 0 amide bonds. The van der Waals surface area contributed by atoms with Crippen molar-refractivity contribution in [1.29, 1.82) is 0 Å². The minimum atomic E-state index is -3.78. The summed E-state index contributed by atoms with van der Waals surface area (Å²) in [5.74, 6) is -2.15. The van der Waals surface area contributed by atoms with E-state index in [4.69, 9.17) is 14.5 Å². The average Bonchev–Trinajstić information content (AvgIpc) is 3.00. The second-order valence-electron chi connectivity index (χ2n) is 6.70. The van der Waals surface area contributed by atoms with Gasteiger partial charge in [-0.2, -0.15) is 17.8 Å². The summed E-state index contributed by atoms with van der Waals surface area (Å²) in [6.07, 6.45) is 2.19. The van der Waals surface area contributed by atoms with Crippen LogP contribution in [0.2, 0.25) is 0 Å². The van der Waals surface area contributed by atoms with Gasteiger partial charge in [-0.15, -0.1) is 0 Å². The predicted molar refractivity (Wildman–Crippen MR) is 107 cm³/mol. The summed E-state index contributed by atoms with van der Waals surface area (Å²) in [7, 11) is 3.32. The molecule has 0 saturated heterocycles. The van der Waals surface area contributed by atoms with Gasteiger partial charge in [0.15, 0.2) is 0 Å². The molecule has 0 fully saturated rings. The molecule has 0 aliphatic rings. The highest BCUT2D eigenvalue weighted by atomic mass is 32.2. The molecule has 0 radical (unpaired) electrons. The third kappa shape index (κ3) is 8.60. The average molecular weight is 429 g/mol. The van der Waals surface area contributed by atoms with Gasteiger partial charge >= 0.3 is 22.1 Å². The second kappa shape index (κ2) is 10.9. The number of nitrogens with one attached hydrogen (secondary N) is 1. The zero-order valence-electron chi connectivity index (χ0n) is 16.9. The van der Waals surface area contributed by atoms with Crippen LogP contribution in [0.1, 0.15) is 18.4 Å². The van der Waals surface area contributed by atoms with Crippen LogP contribution in [-0.2, 0) is 30.4 Å². The van der Waals surface area contributed by atoms with Crippen LogP contribution in [-0.4, -0.2) is 80.3 Å². The first-order valence-corrected chi connectivity index (χ1v) is 10.1. The number of carboxylic acids is 2. The molecule has 0 saturated carbocycles. The number of rotatable bonds is 9. The molecule has 10 nitrogen and oxygen atoms in total. The maximum atomic E-state index is 12.1. The Morgan fingerprint density at radius 2 is 1.66 bits per heavy atom. The normalized spacial score (nSPS) is 11.5. The predicted octanol–water partition coefficient (Wildman–Crippen LogP) is 1.39. The Bertz CT molecular complexity index is 922. The van der Waals surface area contributed by atoms with E-state index in [1.807, 2.05) is 20.3 Å².